The van der Waals surface area contributed by atoms with Gasteiger partial charge in [-0.1, -0.05) is 34.1 Å². The maximum Gasteiger partial charge on any atom is 0.246 e. The molecular weight excluding hydrogens is 320 g/mol. The smallest absolute Gasteiger partial charge is 0.246 e. The summed E-state index contributed by atoms with van der Waals surface area (Å²) in [5.41, 5.74) is 5.59. The lowest BCUT2D eigenvalue weighted by Crippen LogP contribution is -2.57. The Morgan fingerprint density at radius 1 is 1.20 bits per heavy atom. The van der Waals surface area contributed by atoms with Gasteiger partial charge in [0.15, 0.2) is 0 Å². The van der Waals surface area contributed by atoms with E-state index < -0.39 is 18.1 Å². The first-order chi connectivity index (χ1) is 11.7. The third-order valence-corrected chi connectivity index (χ3v) is 4.80. The average molecular weight is 354 g/mol. The van der Waals surface area contributed by atoms with Gasteiger partial charge in [-0.05, 0) is 31.6 Å². The highest BCUT2D eigenvalue weighted by atomic mass is 16.2. The van der Waals surface area contributed by atoms with Crippen molar-refractivity contribution in [1.82, 2.24) is 15.5 Å². The number of rotatable bonds is 8. The van der Waals surface area contributed by atoms with Gasteiger partial charge in [0.25, 0.3) is 0 Å². The zero-order valence-corrected chi connectivity index (χ0v) is 16.2. The van der Waals surface area contributed by atoms with Gasteiger partial charge >= 0.3 is 0 Å². The van der Waals surface area contributed by atoms with Gasteiger partial charge in [-0.2, -0.15) is 0 Å². The van der Waals surface area contributed by atoms with E-state index in [1.807, 2.05) is 13.8 Å². The van der Waals surface area contributed by atoms with E-state index in [2.05, 4.69) is 24.5 Å². The Bertz CT molecular complexity index is 479. The first-order valence-electron chi connectivity index (χ1n) is 9.33. The molecule has 1 heterocycles. The molecule has 0 aromatic heterocycles. The second kappa shape index (κ2) is 9.75. The third kappa shape index (κ3) is 5.99. The predicted molar refractivity (Wildman–Crippen MR) is 97.6 cm³/mol. The molecule has 25 heavy (non-hydrogen) atoms. The van der Waals surface area contributed by atoms with E-state index in [4.69, 9.17) is 5.73 Å². The summed E-state index contributed by atoms with van der Waals surface area (Å²) in [6.07, 6.45) is 2.44. The van der Waals surface area contributed by atoms with E-state index >= 15 is 0 Å². The van der Waals surface area contributed by atoms with Crippen LogP contribution >= 0.6 is 0 Å². The van der Waals surface area contributed by atoms with E-state index in [1.165, 1.54) is 0 Å². The van der Waals surface area contributed by atoms with Gasteiger partial charge in [0.2, 0.25) is 17.7 Å². The summed E-state index contributed by atoms with van der Waals surface area (Å²) in [5.74, 6) is -0.343. The van der Waals surface area contributed by atoms with Crippen molar-refractivity contribution in [2.45, 2.75) is 72.0 Å². The van der Waals surface area contributed by atoms with Gasteiger partial charge < -0.3 is 21.3 Å². The highest BCUT2D eigenvalue weighted by Gasteiger charge is 2.38. The highest BCUT2D eigenvalue weighted by Crippen LogP contribution is 2.20. The minimum Gasteiger partial charge on any atom is -0.354 e. The van der Waals surface area contributed by atoms with Crippen LogP contribution in [0.2, 0.25) is 0 Å². The summed E-state index contributed by atoms with van der Waals surface area (Å²) in [6.45, 7) is 10.6. The van der Waals surface area contributed by atoms with Crippen LogP contribution in [0.15, 0.2) is 0 Å². The molecule has 1 fully saturated rings. The molecule has 7 heteroatoms. The first kappa shape index (κ1) is 21.4. The summed E-state index contributed by atoms with van der Waals surface area (Å²) >= 11 is 0. The molecular formula is C18H34N4O3. The Kier molecular flexibility index (Phi) is 8.35. The minimum absolute atomic E-state index is 0.0837. The van der Waals surface area contributed by atoms with Gasteiger partial charge in [-0.25, -0.2) is 0 Å². The maximum atomic E-state index is 12.9. The van der Waals surface area contributed by atoms with Crippen LogP contribution in [0.3, 0.4) is 0 Å². The minimum atomic E-state index is -0.678. The topological polar surface area (TPSA) is 105 Å². The summed E-state index contributed by atoms with van der Waals surface area (Å²) < 4.78 is 0. The lowest BCUT2D eigenvalue weighted by atomic mass is 10.0. The van der Waals surface area contributed by atoms with Crippen LogP contribution in [-0.2, 0) is 14.4 Å². The Labute approximate surface area is 151 Å². The van der Waals surface area contributed by atoms with Crippen LogP contribution < -0.4 is 16.4 Å². The Morgan fingerprint density at radius 3 is 2.36 bits per heavy atom. The molecule has 0 radical (unpaired) electrons. The quantitative estimate of drug-likeness (QED) is 0.594. The van der Waals surface area contributed by atoms with E-state index in [0.717, 1.165) is 12.8 Å². The zero-order chi connectivity index (χ0) is 19.1. The monoisotopic (exact) mass is 354 g/mol. The van der Waals surface area contributed by atoms with E-state index in [9.17, 15) is 14.4 Å². The van der Waals surface area contributed by atoms with Gasteiger partial charge in [0, 0.05) is 13.1 Å². The van der Waals surface area contributed by atoms with Crippen LogP contribution in [0, 0.1) is 11.8 Å². The molecule has 144 valence electrons. The molecule has 0 aromatic rings. The molecule has 1 aliphatic heterocycles. The number of likely N-dealkylation sites (tertiary alicyclic amines) is 1. The van der Waals surface area contributed by atoms with Crippen molar-refractivity contribution in [1.29, 1.82) is 0 Å². The molecule has 0 aliphatic carbocycles. The number of nitrogens with zero attached hydrogens (tertiary/aromatic N) is 1. The van der Waals surface area contributed by atoms with Crippen LogP contribution in [0.1, 0.15) is 53.9 Å². The molecule has 1 rings (SSSR count). The highest BCUT2D eigenvalue weighted by molar-refractivity contribution is 5.93. The average Bonchev–Trinajstić information content (AvgIpc) is 3.05. The van der Waals surface area contributed by atoms with Gasteiger partial charge in [0.1, 0.15) is 12.1 Å². The number of carbonyl (C=O) groups is 3. The fourth-order valence-corrected chi connectivity index (χ4v) is 2.82. The molecule has 1 aliphatic rings. The molecule has 1 unspecified atom stereocenters. The molecule has 1 saturated heterocycles. The number of amides is 3. The molecule has 4 atom stereocenters. The zero-order valence-electron chi connectivity index (χ0n) is 16.2. The van der Waals surface area contributed by atoms with Crippen molar-refractivity contribution in [3.63, 3.8) is 0 Å². The second-order valence-corrected chi connectivity index (χ2v) is 7.47. The van der Waals surface area contributed by atoms with Crippen molar-refractivity contribution < 1.29 is 14.4 Å². The summed E-state index contributed by atoms with van der Waals surface area (Å²) in [7, 11) is 0. The standard InChI is InChI=1S/C18H34N4O3/c1-6-12(4)10-20-17(24)14-8-7-9-22(14)18(25)15(11(2)3)21-16(23)13(5)19/h11-15H,6-10,19H2,1-5H3,(H,20,24)(H,21,23)/t12?,13-,14-,15-/m0/s1. The lowest BCUT2D eigenvalue weighted by molar-refractivity contribution is -0.142. The predicted octanol–water partition coefficient (Wildman–Crippen LogP) is 0.628. The molecule has 4 N–H and O–H groups in total. The number of nitrogens with two attached hydrogens (primary N) is 1. The third-order valence-electron chi connectivity index (χ3n) is 4.80. The van der Waals surface area contributed by atoms with E-state index in [1.54, 1.807) is 11.8 Å². The largest absolute Gasteiger partial charge is 0.354 e. The van der Waals surface area contributed by atoms with E-state index in [-0.39, 0.29) is 23.6 Å². The van der Waals surface area contributed by atoms with Crippen molar-refractivity contribution in [3.05, 3.63) is 0 Å². The molecule has 0 spiro atoms. The van der Waals surface area contributed by atoms with E-state index in [0.29, 0.717) is 25.4 Å². The second-order valence-electron chi connectivity index (χ2n) is 7.47. The van der Waals surface area contributed by atoms with Crippen molar-refractivity contribution in [2.24, 2.45) is 17.6 Å². The molecule has 0 aromatic carbocycles. The van der Waals surface area contributed by atoms with Crippen molar-refractivity contribution in [2.75, 3.05) is 13.1 Å². The summed E-state index contributed by atoms with van der Waals surface area (Å²) in [4.78, 5) is 39.0. The normalized spacial score (nSPS) is 20.9. The van der Waals surface area contributed by atoms with Gasteiger partial charge in [0.05, 0.1) is 6.04 Å². The molecule has 7 nitrogen and oxygen atoms in total. The number of nitrogens with one attached hydrogen (secondary N) is 2. The Balaban J connectivity index is 2.78. The van der Waals surface area contributed by atoms with Crippen LogP contribution in [0.5, 0.6) is 0 Å². The molecule has 3 amide bonds. The van der Waals surface area contributed by atoms with Gasteiger partial charge in [-0.3, -0.25) is 14.4 Å². The number of hydrogen-bond donors (Lipinski definition) is 3. The number of hydrogen-bond acceptors (Lipinski definition) is 4. The van der Waals surface area contributed by atoms with Crippen LogP contribution in [0.4, 0.5) is 0 Å². The molecule has 0 bridgehead atoms. The first-order valence-corrected chi connectivity index (χ1v) is 9.33. The van der Waals surface area contributed by atoms with Crippen LogP contribution in [0.25, 0.3) is 0 Å². The SMILES string of the molecule is CCC(C)CNC(=O)[C@@H]1CCCN1C(=O)[C@@H](NC(=O)[C@H](C)N)C(C)C. The fraction of sp³-hybridized carbons (Fsp3) is 0.833. The maximum absolute atomic E-state index is 12.9. The van der Waals surface area contributed by atoms with Gasteiger partial charge in [-0.15, -0.1) is 0 Å². The lowest BCUT2D eigenvalue weighted by Gasteiger charge is -2.31. The summed E-state index contributed by atoms with van der Waals surface area (Å²) in [5, 5.41) is 5.67. The fourth-order valence-electron chi connectivity index (χ4n) is 2.82. The molecule has 0 saturated carbocycles. The van der Waals surface area contributed by atoms with Crippen molar-refractivity contribution in [3.8, 4) is 0 Å². The summed E-state index contributed by atoms with van der Waals surface area (Å²) in [6, 6.07) is -1.80. The van der Waals surface area contributed by atoms with Crippen molar-refractivity contribution >= 4 is 17.7 Å². The Morgan fingerprint density at radius 2 is 1.84 bits per heavy atom. The number of carbonyl (C=O) groups excluding carboxylic acids is 3. The Hall–Kier alpha value is -1.63. The van der Waals surface area contributed by atoms with Crippen LogP contribution in [-0.4, -0.2) is 53.8 Å².